The molecular formula is C27H29F3N2. The maximum atomic E-state index is 12.9. The number of rotatable bonds is 9. The standard InChI is InChI=1S/C27H29F3N2/c1-19-8-7-11-23(18-19)25(17-14-21-12-15-24(16-13-21)27(28,29)30)32-26(20(2)31-3)22-9-5-4-6-10-22/h4-13,15-16,18,25-26,31-32H,2,14,17H2,1,3H3/t25-,26-/m0/s1. The van der Waals surface area contributed by atoms with Crippen LogP contribution in [0.1, 0.15) is 46.3 Å². The number of benzene rings is 3. The minimum Gasteiger partial charge on any atom is -0.390 e. The van der Waals surface area contributed by atoms with Gasteiger partial charge in [0.15, 0.2) is 0 Å². The molecule has 0 bridgehead atoms. The van der Waals surface area contributed by atoms with Crippen molar-refractivity contribution in [2.24, 2.45) is 0 Å². The Hall–Kier alpha value is -3.05. The van der Waals surface area contributed by atoms with Crippen LogP contribution in [0.5, 0.6) is 0 Å². The lowest BCUT2D eigenvalue weighted by Crippen LogP contribution is -2.31. The van der Waals surface area contributed by atoms with Crippen molar-refractivity contribution in [3.8, 4) is 0 Å². The second-order valence-corrected chi connectivity index (χ2v) is 7.99. The van der Waals surface area contributed by atoms with E-state index in [9.17, 15) is 13.2 Å². The number of aryl methyl sites for hydroxylation is 2. The quantitative estimate of drug-likeness (QED) is 0.386. The lowest BCUT2D eigenvalue weighted by molar-refractivity contribution is -0.137. The zero-order valence-electron chi connectivity index (χ0n) is 18.4. The van der Waals surface area contributed by atoms with Crippen LogP contribution >= 0.6 is 0 Å². The summed E-state index contributed by atoms with van der Waals surface area (Å²) in [5, 5.41) is 6.89. The molecule has 0 unspecified atom stereocenters. The molecule has 32 heavy (non-hydrogen) atoms. The van der Waals surface area contributed by atoms with E-state index in [1.54, 1.807) is 12.1 Å². The first-order chi connectivity index (χ1) is 15.3. The van der Waals surface area contributed by atoms with Crippen molar-refractivity contribution in [1.82, 2.24) is 10.6 Å². The van der Waals surface area contributed by atoms with E-state index < -0.39 is 11.7 Å². The molecular weight excluding hydrogens is 409 g/mol. The van der Waals surface area contributed by atoms with Crippen LogP contribution in [0.4, 0.5) is 13.2 Å². The second-order valence-electron chi connectivity index (χ2n) is 7.99. The first kappa shape index (κ1) is 23.6. The summed E-state index contributed by atoms with van der Waals surface area (Å²) in [7, 11) is 1.85. The molecule has 2 N–H and O–H groups in total. The zero-order chi connectivity index (χ0) is 23.1. The van der Waals surface area contributed by atoms with E-state index in [1.807, 2.05) is 31.3 Å². The molecule has 0 fully saturated rings. The Balaban J connectivity index is 1.84. The Labute approximate surface area is 188 Å². The maximum absolute atomic E-state index is 12.9. The predicted molar refractivity (Wildman–Crippen MR) is 124 cm³/mol. The van der Waals surface area contributed by atoms with Gasteiger partial charge in [0.05, 0.1) is 11.6 Å². The van der Waals surface area contributed by atoms with E-state index in [0.717, 1.165) is 46.5 Å². The monoisotopic (exact) mass is 438 g/mol. The third-order valence-corrected chi connectivity index (χ3v) is 5.62. The zero-order valence-corrected chi connectivity index (χ0v) is 18.4. The Kier molecular flexibility index (Phi) is 7.75. The number of hydrogen-bond acceptors (Lipinski definition) is 2. The van der Waals surface area contributed by atoms with Gasteiger partial charge in [-0.3, -0.25) is 5.32 Å². The molecule has 3 aromatic rings. The summed E-state index contributed by atoms with van der Waals surface area (Å²) in [6.45, 7) is 6.24. The fraction of sp³-hybridized carbons (Fsp3) is 0.259. The number of likely N-dealkylation sites (N-methyl/N-ethyl adjacent to an activating group) is 1. The van der Waals surface area contributed by atoms with Gasteiger partial charge in [-0.05, 0) is 48.6 Å². The molecule has 0 amide bonds. The van der Waals surface area contributed by atoms with Crippen molar-refractivity contribution >= 4 is 0 Å². The predicted octanol–water partition coefficient (Wildman–Crippen LogP) is 6.75. The van der Waals surface area contributed by atoms with E-state index in [2.05, 4.69) is 54.5 Å². The SMILES string of the molecule is C=C(NC)[C@H](N[C@@H](CCc1ccc(C(F)(F)F)cc1)c1cccc(C)c1)c1ccccc1. The van der Waals surface area contributed by atoms with Gasteiger partial charge in [-0.2, -0.15) is 13.2 Å². The Morgan fingerprint density at radius 2 is 1.56 bits per heavy atom. The second kappa shape index (κ2) is 10.5. The maximum Gasteiger partial charge on any atom is 0.416 e. The van der Waals surface area contributed by atoms with Crippen LogP contribution in [-0.2, 0) is 12.6 Å². The normalized spacial score (nSPS) is 13.4. The van der Waals surface area contributed by atoms with Crippen molar-refractivity contribution in [2.45, 2.75) is 38.0 Å². The largest absolute Gasteiger partial charge is 0.416 e. The Bertz CT molecular complexity index is 1010. The lowest BCUT2D eigenvalue weighted by atomic mass is 9.94. The molecule has 0 aliphatic rings. The van der Waals surface area contributed by atoms with Crippen LogP contribution in [0.15, 0.2) is 91.1 Å². The lowest BCUT2D eigenvalue weighted by Gasteiger charge is -2.28. The summed E-state index contributed by atoms with van der Waals surface area (Å²) in [6.07, 6.45) is -2.94. The Morgan fingerprint density at radius 1 is 0.906 bits per heavy atom. The molecule has 0 heterocycles. The molecule has 2 nitrogen and oxygen atoms in total. The van der Waals surface area contributed by atoms with E-state index in [0.29, 0.717) is 6.42 Å². The molecule has 0 radical (unpaired) electrons. The van der Waals surface area contributed by atoms with Gasteiger partial charge in [-0.15, -0.1) is 0 Å². The van der Waals surface area contributed by atoms with Crippen LogP contribution in [-0.4, -0.2) is 7.05 Å². The topological polar surface area (TPSA) is 24.1 Å². The number of alkyl halides is 3. The van der Waals surface area contributed by atoms with E-state index >= 15 is 0 Å². The molecule has 168 valence electrons. The van der Waals surface area contributed by atoms with Crippen LogP contribution in [0.3, 0.4) is 0 Å². The molecule has 2 atom stereocenters. The highest BCUT2D eigenvalue weighted by atomic mass is 19.4. The summed E-state index contributed by atoms with van der Waals surface area (Å²) in [5.74, 6) is 0. The van der Waals surface area contributed by atoms with Crippen molar-refractivity contribution in [3.63, 3.8) is 0 Å². The van der Waals surface area contributed by atoms with Crippen molar-refractivity contribution < 1.29 is 13.2 Å². The van der Waals surface area contributed by atoms with Crippen LogP contribution in [0.25, 0.3) is 0 Å². The summed E-state index contributed by atoms with van der Waals surface area (Å²) in [4.78, 5) is 0. The van der Waals surface area contributed by atoms with Crippen LogP contribution in [0, 0.1) is 6.92 Å². The van der Waals surface area contributed by atoms with Crippen molar-refractivity contribution in [3.05, 3.63) is 119 Å². The van der Waals surface area contributed by atoms with Gasteiger partial charge < -0.3 is 5.32 Å². The van der Waals surface area contributed by atoms with Gasteiger partial charge in [0, 0.05) is 18.8 Å². The molecule has 0 saturated carbocycles. The van der Waals surface area contributed by atoms with Gasteiger partial charge in [0.25, 0.3) is 0 Å². The van der Waals surface area contributed by atoms with E-state index in [1.165, 1.54) is 0 Å². The van der Waals surface area contributed by atoms with Gasteiger partial charge in [-0.25, -0.2) is 0 Å². The van der Waals surface area contributed by atoms with Gasteiger partial charge in [0.1, 0.15) is 0 Å². The van der Waals surface area contributed by atoms with Gasteiger partial charge in [0.2, 0.25) is 0 Å². The number of nitrogens with one attached hydrogen (secondary N) is 2. The van der Waals surface area contributed by atoms with Gasteiger partial charge in [-0.1, -0.05) is 78.9 Å². The minimum atomic E-state index is -4.32. The van der Waals surface area contributed by atoms with Crippen molar-refractivity contribution in [2.75, 3.05) is 7.05 Å². The summed E-state index contributed by atoms with van der Waals surface area (Å²) in [5.41, 5.74) is 4.50. The molecule has 0 aromatic heterocycles. The minimum absolute atomic E-state index is 0.00695. The molecule has 0 aliphatic carbocycles. The third kappa shape index (κ3) is 6.24. The average Bonchev–Trinajstić information content (AvgIpc) is 2.79. The molecule has 3 aromatic carbocycles. The molecule has 0 spiro atoms. The van der Waals surface area contributed by atoms with E-state index in [4.69, 9.17) is 0 Å². The highest BCUT2D eigenvalue weighted by Crippen LogP contribution is 2.30. The van der Waals surface area contributed by atoms with E-state index in [-0.39, 0.29) is 12.1 Å². The molecule has 5 heteroatoms. The third-order valence-electron chi connectivity index (χ3n) is 5.62. The fourth-order valence-corrected chi connectivity index (χ4v) is 3.79. The fourth-order valence-electron chi connectivity index (χ4n) is 3.79. The average molecular weight is 439 g/mol. The van der Waals surface area contributed by atoms with Crippen molar-refractivity contribution in [1.29, 1.82) is 0 Å². The smallest absolute Gasteiger partial charge is 0.390 e. The number of halogens is 3. The highest BCUT2D eigenvalue weighted by molar-refractivity contribution is 5.30. The Morgan fingerprint density at radius 3 is 2.16 bits per heavy atom. The first-order valence-corrected chi connectivity index (χ1v) is 10.7. The number of hydrogen-bond donors (Lipinski definition) is 2. The highest BCUT2D eigenvalue weighted by Gasteiger charge is 2.30. The summed E-state index contributed by atoms with van der Waals surface area (Å²) < 4.78 is 38.6. The van der Waals surface area contributed by atoms with Gasteiger partial charge >= 0.3 is 6.18 Å². The van der Waals surface area contributed by atoms with Crippen LogP contribution in [0.2, 0.25) is 0 Å². The van der Waals surface area contributed by atoms with Crippen LogP contribution < -0.4 is 10.6 Å². The summed E-state index contributed by atoms with van der Waals surface area (Å²) >= 11 is 0. The first-order valence-electron chi connectivity index (χ1n) is 10.7. The summed E-state index contributed by atoms with van der Waals surface area (Å²) in [6, 6.07) is 23.7. The molecule has 0 saturated heterocycles. The molecule has 3 rings (SSSR count). The molecule has 0 aliphatic heterocycles.